The molecule has 140 valence electrons. The molecule has 3 N–H and O–H groups in total. The zero-order valence-electron chi connectivity index (χ0n) is 14.6. The Balaban J connectivity index is 1.67. The van der Waals surface area contributed by atoms with E-state index in [-0.39, 0.29) is 6.61 Å². The standard InChI is InChI=1S/C19H19N3O4S/c1-19(12-23,18(24)21-25)26-10-13-2-4-14(5-3-13)15-6-8-16(9-7-15)17-11-27-22-20-17/h2-9,11,23,25H,10,12H2,1H3,(H,21,24). The number of nitrogens with one attached hydrogen (secondary N) is 1. The molecule has 8 heteroatoms. The van der Waals surface area contributed by atoms with E-state index >= 15 is 0 Å². The van der Waals surface area contributed by atoms with Crippen LogP contribution in [-0.2, 0) is 16.1 Å². The van der Waals surface area contributed by atoms with Gasteiger partial charge in [0, 0.05) is 10.9 Å². The first-order valence-electron chi connectivity index (χ1n) is 8.22. The van der Waals surface area contributed by atoms with Gasteiger partial charge < -0.3 is 9.84 Å². The zero-order chi connectivity index (χ0) is 19.3. The van der Waals surface area contributed by atoms with E-state index in [0.29, 0.717) is 0 Å². The SMILES string of the molecule is CC(CO)(OCc1ccc(-c2ccc(-c3csnn3)cc2)cc1)C(=O)NO. The monoisotopic (exact) mass is 385 g/mol. The summed E-state index contributed by atoms with van der Waals surface area (Å²) in [4.78, 5) is 11.6. The van der Waals surface area contributed by atoms with Crippen molar-refractivity contribution >= 4 is 17.4 Å². The molecule has 0 aliphatic heterocycles. The fraction of sp³-hybridized carbons (Fsp3) is 0.211. The number of hydroxylamine groups is 1. The average Bonchev–Trinajstić information content (AvgIpc) is 3.27. The Labute approximate surface area is 160 Å². The van der Waals surface area contributed by atoms with Crippen molar-refractivity contribution in [1.29, 1.82) is 0 Å². The van der Waals surface area contributed by atoms with E-state index in [1.54, 1.807) is 0 Å². The van der Waals surface area contributed by atoms with Crippen molar-refractivity contribution in [2.45, 2.75) is 19.1 Å². The number of carbonyl (C=O) groups excluding carboxylic acids is 1. The summed E-state index contributed by atoms with van der Waals surface area (Å²) in [7, 11) is 0. The average molecular weight is 385 g/mol. The molecule has 7 nitrogen and oxygen atoms in total. The maximum absolute atomic E-state index is 11.6. The van der Waals surface area contributed by atoms with Gasteiger partial charge in [0.05, 0.1) is 13.2 Å². The molecular formula is C19H19N3O4S. The molecule has 1 aromatic heterocycles. The predicted molar refractivity (Wildman–Crippen MR) is 101 cm³/mol. The summed E-state index contributed by atoms with van der Waals surface area (Å²) in [6.45, 7) is 0.991. The summed E-state index contributed by atoms with van der Waals surface area (Å²) in [6, 6.07) is 15.8. The molecule has 0 aliphatic carbocycles. The van der Waals surface area contributed by atoms with Gasteiger partial charge in [-0.25, -0.2) is 5.48 Å². The van der Waals surface area contributed by atoms with E-state index in [1.165, 1.54) is 23.9 Å². The highest BCUT2D eigenvalue weighted by atomic mass is 32.1. The molecule has 0 saturated heterocycles. The number of nitrogens with zero attached hydrogens (tertiary/aromatic N) is 2. The van der Waals surface area contributed by atoms with Gasteiger partial charge in [-0.05, 0) is 35.1 Å². The zero-order valence-corrected chi connectivity index (χ0v) is 15.4. The number of hydrogen-bond donors (Lipinski definition) is 3. The van der Waals surface area contributed by atoms with Crippen LogP contribution in [-0.4, -0.2) is 38.0 Å². The summed E-state index contributed by atoms with van der Waals surface area (Å²) in [5, 5.41) is 24.1. The summed E-state index contributed by atoms with van der Waals surface area (Å²) in [5.41, 5.74) is 4.82. The number of benzene rings is 2. The first-order valence-corrected chi connectivity index (χ1v) is 9.05. The second kappa shape index (κ2) is 8.36. The molecule has 0 bridgehead atoms. The molecule has 0 fully saturated rings. The summed E-state index contributed by atoms with van der Waals surface area (Å²) in [5.74, 6) is -0.794. The Bertz CT molecular complexity index is 882. The van der Waals surface area contributed by atoms with Crippen LogP contribution in [0.5, 0.6) is 0 Å². The molecule has 1 heterocycles. The Morgan fingerprint density at radius 1 is 1.11 bits per heavy atom. The lowest BCUT2D eigenvalue weighted by atomic mass is 10.0. The van der Waals surface area contributed by atoms with E-state index in [2.05, 4.69) is 9.59 Å². The number of hydrogen-bond acceptors (Lipinski definition) is 7. The Morgan fingerprint density at radius 3 is 2.22 bits per heavy atom. The summed E-state index contributed by atoms with van der Waals surface area (Å²) in [6.07, 6.45) is 0. The van der Waals surface area contributed by atoms with Crippen LogP contribution >= 0.6 is 11.5 Å². The topological polar surface area (TPSA) is 105 Å². The van der Waals surface area contributed by atoms with Crippen LogP contribution in [0.3, 0.4) is 0 Å². The lowest BCUT2D eigenvalue weighted by Crippen LogP contribution is -2.48. The van der Waals surface area contributed by atoms with Crippen LogP contribution in [0.4, 0.5) is 0 Å². The van der Waals surface area contributed by atoms with Crippen molar-refractivity contribution in [2.24, 2.45) is 0 Å². The molecular weight excluding hydrogens is 366 g/mol. The first kappa shape index (κ1) is 19.1. The lowest BCUT2D eigenvalue weighted by molar-refractivity contribution is -0.161. The smallest absolute Gasteiger partial charge is 0.277 e. The van der Waals surface area contributed by atoms with Gasteiger partial charge in [-0.2, -0.15) is 0 Å². The molecule has 1 unspecified atom stereocenters. The normalized spacial score (nSPS) is 13.1. The van der Waals surface area contributed by atoms with Gasteiger partial charge in [-0.1, -0.05) is 53.0 Å². The fourth-order valence-corrected chi connectivity index (χ4v) is 2.93. The van der Waals surface area contributed by atoms with Gasteiger partial charge >= 0.3 is 0 Å². The Hall–Kier alpha value is -2.65. The van der Waals surface area contributed by atoms with E-state index < -0.39 is 18.1 Å². The van der Waals surface area contributed by atoms with Gasteiger partial charge in [0.15, 0.2) is 5.60 Å². The Morgan fingerprint density at radius 2 is 1.70 bits per heavy atom. The third-order valence-corrected chi connectivity index (χ3v) is 4.77. The van der Waals surface area contributed by atoms with Crippen molar-refractivity contribution in [3.05, 3.63) is 59.5 Å². The summed E-state index contributed by atoms with van der Waals surface area (Å²) < 4.78 is 9.36. The van der Waals surface area contributed by atoms with Crippen molar-refractivity contribution in [3.63, 3.8) is 0 Å². The number of carbonyl (C=O) groups is 1. The molecule has 1 atom stereocenters. The minimum atomic E-state index is -1.51. The quantitative estimate of drug-likeness (QED) is 0.427. The van der Waals surface area contributed by atoms with Crippen LogP contribution in [0, 0.1) is 0 Å². The minimum Gasteiger partial charge on any atom is -0.393 e. The molecule has 27 heavy (non-hydrogen) atoms. The van der Waals surface area contributed by atoms with Gasteiger partial charge in [0.1, 0.15) is 5.69 Å². The molecule has 0 saturated carbocycles. The third-order valence-electron chi connectivity index (χ3n) is 4.27. The molecule has 3 aromatic rings. The number of amides is 1. The maximum atomic E-state index is 11.6. The predicted octanol–water partition coefficient (Wildman–Crippen LogP) is 2.65. The fourth-order valence-electron chi connectivity index (χ4n) is 2.46. The molecule has 0 radical (unpaired) electrons. The van der Waals surface area contributed by atoms with Gasteiger partial charge in [-0.3, -0.25) is 10.0 Å². The van der Waals surface area contributed by atoms with Crippen molar-refractivity contribution in [3.8, 4) is 22.4 Å². The van der Waals surface area contributed by atoms with Crippen molar-refractivity contribution in [2.75, 3.05) is 6.61 Å². The number of aliphatic hydroxyl groups excluding tert-OH is 1. The van der Waals surface area contributed by atoms with Gasteiger partial charge in [0.2, 0.25) is 0 Å². The number of rotatable bonds is 7. The van der Waals surface area contributed by atoms with Gasteiger partial charge in [-0.15, -0.1) is 5.10 Å². The second-order valence-electron chi connectivity index (χ2n) is 6.18. The van der Waals surface area contributed by atoms with E-state index in [9.17, 15) is 9.90 Å². The van der Waals surface area contributed by atoms with E-state index in [4.69, 9.17) is 9.94 Å². The highest BCUT2D eigenvalue weighted by molar-refractivity contribution is 7.03. The van der Waals surface area contributed by atoms with Crippen molar-refractivity contribution in [1.82, 2.24) is 15.1 Å². The maximum Gasteiger partial charge on any atom is 0.277 e. The summed E-state index contributed by atoms with van der Waals surface area (Å²) >= 11 is 1.32. The molecule has 1 amide bonds. The van der Waals surface area contributed by atoms with E-state index in [1.807, 2.05) is 53.9 Å². The number of aliphatic hydroxyl groups is 1. The van der Waals surface area contributed by atoms with Crippen LogP contribution in [0.15, 0.2) is 53.9 Å². The van der Waals surface area contributed by atoms with Gasteiger partial charge in [0.25, 0.3) is 5.91 Å². The highest BCUT2D eigenvalue weighted by Crippen LogP contribution is 2.25. The molecule has 3 rings (SSSR count). The largest absolute Gasteiger partial charge is 0.393 e. The van der Waals surface area contributed by atoms with Crippen LogP contribution in [0.2, 0.25) is 0 Å². The molecule has 2 aromatic carbocycles. The molecule has 0 aliphatic rings. The number of ether oxygens (including phenoxy) is 1. The van der Waals surface area contributed by atoms with Crippen LogP contribution < -0.4 is 5.48 Å². The third kappa shape index (κ3) is 4.37. The number of aromatic nitrogens is 2. The van der Waals surface area contributed by atoms with Crippen LogP contribution in [0.1, 0.15) is 12.5 Å². The second-order valence-corrected chi connectivity index (χ2v) is 6.79. The molecule has 0 spiro atoms. The van der Waals surface area contributed by atoms with E-state index in [0.717, 1.165) is 27.9 Å². The lowest BCUT2D eigenvalue weighted by Gasteiger charge is -2.25. The first-order chi connectivity index (χ1) is 13.1. The van der Waals surface area contributed by atoms with Crippen molar-refractivity contribution < 1.29 is 19.8 Å². The Kier molecular flexibility index (Phi) is 5.92. The minimum absolute atomic E-state index is 0.126. The van der Waals surface area contributed by atoms with Crippen LogP contribution in [0.25, 0.3) is 22.4 Å². The highest BCUT2D eigenvalue weighted by Gasteiger charge is 2.33.